The lowest BCUT2D eigenvalue weighted by Crippen LogP contribution is -2.43. The first-order valence-corrected chi connectivity index (χ1v) is 6.86. The van der Waals surface area contributed by atoms with Crippen molar-refractivity contribution in [3.63, 3.8) is 0 Å². The molecule has 2 aliphatic rings. The number of ether oxygens (including phenoxy) is 2. The summed E-state index contributed by atoms with van der Waals surface area (Å²) in [6.45, 7) is 4.79. The number of rotatable bonds is 4. The van der Waals surface area contributed by atoms with Crippen LogP contribution in [0, 0.1) is 0 Å². The SMILES string of the molecule is CCOCc1nc(N)cc(N2CC3CCC(C2)O3)n1. The Hall–Kier alpha value is -1.40. The van der Waals surface area contributed by atoms with Gasteiger partial charge >= 0.3 is 0 Å². The lowest BCUT2D eigenvalue weighted by molar-refractivity contribution is 0.0302. The Labute approximate surface area is 112 Å². The van der Waals surface area contributed by atoms with Crippen molar-refractivity contribution < 1.29 is 9.47 Å². The molecule has 2 atom stereocenters. The molecule has 0 radical (unpaired) electrons. The lowest BCUT2D eigenvalue weighted by Gasteiger charge is -2.33. The summed E-state index contributed by atoms with van der Waals surface area (Å²) in [5.74, 6) is 2.04. The zero-order valence-corrected chi connectivity index (χ0v) is 11.2. The number of nitrogens with two attached hydrogens (primary N) is 1. The Bertz CT molecular complexity index is 442. The van der Waals surface area contributed by atoms with Crippen molar-refractivity contribution in [3.8, 4) is 0 Å². The van der Waals surface area contributed by atoms with E-state index in [0.717, 1.165) is 31.7 Å². The van der Waals surface area contributed by atoms with E-state index in [0.29, 0.717) is 37.1 Å². The van der Waals surface area contributed by atoms with E-state index >= 15 is 0 Å². The topological polar surface area (TPSA) is 73.5 Å². The predicted molar refractivity (Wildman–Crippen MR) is 71.9 cm³/mol. The van der Waals surface area contributed by atoms with Crippen molar-refractivity contribution in [3.05, 3.63) is 11.9 Å². The lowest BCUT2D eigenvalue weighted by atomic mass is 10.2. The standard InChI is InChI=1S/C13H20N4O2/c1-2-18-8-12-15-11(14)5-13(16-12)17-6-9-3-4-10(7-17)19-9/h5,9-10H,2-4,6-8H2,1H3,(H2,14,15,16). The Balaban J connectivity index is 1.77. The highest BCUT2D eigenvalue weighted by atomic mass is 16.5. The fraction of sp³-hybridized carbons (Fsp3) is 0.692. The van der Waals surface area contributed by atoms with Crippen molar-refractivity contribution in [2.75, 3.05) is 30.3 Å². The second-order valence-corrected chi connectivity index (χ2v) is 5.07. The van der Waals surface area contributed by atoms with Crippen LogP contribution < -0.4 is 10.6 Å². The maximum absolute atomic E-state index is 5.86. The first kappa shape index (κ1) is 12.6. The summed E-state index contributed by atoms with van der Waals surface area (Å²) in [7, 11) is 0. The molecule has 2 aliphatic heterocycles. The highest BCUT2D eigenvalue weighted by Crippen LogP contribution is 2.29. The van der Waals surface area contributed by atoms with Crippen LogP contribution >= 0.6 is 0 Å². The monoisotopic (exact) mass is 264 g/mol. The van der Waals surface area contributed by atoms with Gasteiger partial charge in [-0.2, -0.15) is 0 Å². The Kier molecular flexibility index (Phi) is 3.52. The molecule has 2 fully saturated rings. The molecule has 19 heavy (non-hydrogen) atoms. The van der Waals surface area contributed by atoms with E-state index in [2.05, 4.69) is 14.9 Å². The number of anilines is 2. The van der Waals surface area contributed by atoms with E-state index < -0.39 is 0 Å². The van der Waals surface area contributed by atoms with E-state index in [1.165, 1.54) is 0 Å². The Morgan fingerprint density at radius 3 is 2.79 bits per heavy atom. The maximum atomic E-state index is 5.86. The quantitative estimate of drug-likeness (QED) is 0.873. The summed E-state index contributed by atoms with van der Waals surface area (Å²) in [6.07, 6.45) is 2.97. The Morgan fingerprint density at radius 2 is 2.11 bits per heavy atom. The van der Waals surface area contributed by atoms with Crippen LogP contribution in [0.4, 0.5) is 11.6 Å². The van der Waals surface area contributed by atoms with Crippen LogP contribution in [0.25, 0.3) is 0 Å². The largest absolute Gasteiger partial charge is 0.384 e. The van der Waals surface area contributed by atoms with Gasteiger partial charge in [-0.3, -0.25) is 0 Å². The molecule has 1 aromatic heterocycles. The molecule has 2 unspecified atom stereocenters. The molecule has 0 saturated carbocycles. The van der Waals surface area contributed by atoms with Gasteiger partial charge in [-0.15, -0.1) is 0 Å². The summed E-state index contributed by atoms with van der Waals surface area (Å²) in [5.41, 5.74) is 5.86. The molecular weight excluding hydrogens is 244 g/mol. The first-order chi connectivity index (χ1) is 9.24. The van der Waals surface area contributed by atoms with Gasteiger partial charge in [-0.05, 0) is 19.8 Å². The summed E-state index contributed by atoms with van der Waals surface area (Å²) in [5, 5.41) is 0. The third-order valence-electron chi connectivity index (χ3n) is 3.58. The molecule has 3 rings (SSSR count). The second-order valence-electron chi connectivity index (χ2n) is 5.07. The zero-order valence-electron chi connectivity index (χ0n) is 11.2. The van der Waals surface area contributed by atoms with Crippen molar-refractivity contribution in [2.24, 2.45) is 0 Å². The number of nitrogens with zero attached hydrogens (tertiary/aromatic N) is 3. The van der Waals surface area contributed by atoms with Gasteiger partial charge in [0.1, 0.15) is 18.2 Å². The highest BCUT2D eigenvalue weighted by Gasteiger charge is 2.34. The van der Waals surface area contributed by atoms with Crippen molar-refractivity contribution in [1.82, 2.24) is 9.97 Å². The van der Waals surface area contributed by atoms with Crippen LogP contribution in [0.1, 0.15) is 25.6 Å². The van der Waals surface area contributed by atoms with Crippen LogP contribution in [0.5, 0.6) is 0 Å². The number of aromatic nitrogens is 2. The molecule has 3 heterocycles. The predicted octanol–water partition coefficient (Wildman–Crippen LogP) is 0.963. The van der Waals surface area contributed by atoms with E-state index in [9.17, 15) is 0 Å². The third kappa shape index (κ3) is 2.79. The molecule has 1 aromatic rings. The van der Waals surface area contributed by atoms with Crippen LogP contribution in [0.2, 0.25) is 0 Å². The van der Waals surface area contributed by atoms with Gasteiger partial charge in [0.2, 0.25) is 0 Å². The molecular formula is C13H20N4O2. The van der Waals surface area contributed by atoms with Gasteiger partial charge in [0, 0.05) is 25.8 Å². The van der Waals surface area contributed by atoms with Crippen LogP contribution in [0.15, 0.2) is 6.07 Å². The van der Waals surface area contributed by atoms with Gasteiger partial charge in [0.25, 0.3) is 0 Å². The molecule has 2 saturated heterocycles. The zero-order chi connectivity index (χ0) is 13.2. The van der Waals surface area contributed by atoms with Crippen molar-refractivity contribution >= 4 is 11.6 Å². The molecule has 2 bridgehead atoms. The number of morpholine rings is 1. The Morgan fingerprint density at radius 1 is 1.37 bits per heavy atom. The molecule has 0 amide bonds. The summed E-state index contributed by atoms with van der Waals surface area (Å²) >= 11 is 0. The molecule has 0 aliphatic carbocycles. The summed E-state index contributed by atoms with van der Waals surface area (Å²) in [6, 6.07) is 1.83. The van der Waals surface area contributed by atoms with Crippen LogP contribution in [-0.4, -0.2) is 41.9 Å². The minimum Gasteiger partial charge on any atom is -0.384 e. The van der Waals surface area contributed by atoms with Gasteiger partial charge < -0.3 is 20.1 Å². The van der Waals surface area contributed by atoms with E-state index in [-0.39, 0.29) is 0 Å². The van der Waals surface area contributed by atoms with E-state index in [1.54, 1.807) is 0 Å². The number of fused-ring (bicyclic) bond motifs is 2. The van der Waals surface area contributed by atoms with Gasteiger partial charge in [0.05, 0.1) is 12.2 Å². The van der Waals surface area contributed by atoms with E-state index in [1.807, 2.05) is 13.0 Å². The van der Waals surface area contributed by atoms with Crippen molar-refractivity contribution in [2.45, 2.75) is 38.6 Å². The molecule has 6 heteroatoms. The third-order valence-corrected chi connectivity index (χ3v) is 3.58. The minimum absolute atomic E-state index is 0.338. The number of hydrogen-bond acceptors (Lipinski definition) is 6. The van der Waals surface area contributed by atoms with Crippen molar-refractivity contribution in [1.29, 1.82) is 0 Å². The number of nitrogen functional groups attached to an aromatic ring is 1. The summed E-state index contributed by atoms with van der Waals surface area (Å²) in [4.78, 5) is 11.0. The van der Waals surface area contributed by atoms with E-state index in [4.69, 9.17) is 15.2 Å². The molecule has 0 spiro atoms. The average Bonchev–Trinajstić information content (AvgIpc) is 2.74. The maximum Gasteiger partial charge on any atom is 0.158 e. The molecule has 2 N–H and O–H groups in total. The highest BCUT2D eigenvalue weighted by molar-refractivity contribution is 5.47. The first-order valence-electron chi connectivity index (χ1n) is 6.86. The normalized spacial score (nSPS) is 25.8. The minimum atomic E-state index is 0.338. The summed E-state index contributed by atoms with van der Waals surface area (Å²) < 4.78 is 11.2. The molecule has 104 valence electrons. The average molecular weight is 264 g/mol. The van der Waals surface area contributed by atoms with Crippen LogP contribution in [-0.2, 0) is 16.1 Å². The number of hydrogen-bond donors (Lipinski definition) is 1. The molecule has 0 aromatic carbocycles. The molecule has 6 nitrogen and oxygen atoms in total. The second kappa shape index (κ2) is 5.30. The smallest absolute Gasteiger partial charge is 0.158 e. The van der Waals surface area contributed by atoms with Gasteiger partial charge in [-0.1, -0.05) is 0 Å². The fourth-order valence-electron chi connectivity index (χ4n) is 2.72. The van der Waals surface area contributed by atoms with Gasteiger partial charge in [0.15, 0.2) is 5.82 Å². The van der Waals surface area contributed by atoms with Crippen LogP contribution in [0.3, 0.4) is 0 Å². The van der Waals surface area contributed by atoms with Gasteiger partial charge in [-0.25, -0.2) is 9.97 Å². The fourth-order valence-corrected chi connectivity index (χ4v) is 2.72.